The van der Waals surface area contributed by atoms with Gasteiger partial charge in [-0.3, -0.25) is 9.48 Å². The molecule has 8 heteroatoms. The van der Waals surface area contributed by atoms with E-state index in [2.05, 4.69) is 15.6 Å². The maximum atomic E-state index is 11.9. The summed E-state index contributed by atoms with van der Waals surface area (Å²) in [4.78, 5) is 11.9. The van der Waals surface area contributed by atoms with Crippen LogP contribution in [0.2, 0.25) is 10.0 Å². The third kappa shape index (κ3) is 4.22. The number of benzene rings is 1. The van der Waals surface area contributed by atoms with E-state index in [0.29, 0.717) is 15.8 Å². The molecule has 0 aliphatic rings. The summed E-state index contributed by atoms with van der Waals surface area (Å²) in [6.45, 7) is 1.59. The lowest BCUT2D eigenvalue weighted by Crippen LogP contribution is -2.33. The first-order chi connectivity index (χ1) is 10.5. The van der Waals surface area contributed by atoms with Gasteiger partial charge in [0.2, 0.25) is 0 Å². The summed E-state index contributed by atoms with van der Waals surface area (Å²) in [7, 11) is 1.77. The van der Waals surface area contributed by atoms with Crippen LogP contribution in [0.3, 0.4) is 0 Å². The molecule has 1 atom stereocenters. The van der Waals surface area contributed by atoms with Crippen LogP contribution in [0.15, 0.2) is 35.6 Å². The molecule has 0 radical (unpaired) electrons. The van der Waals surface area contributed by atoms with Crippen molar-refractivity contribution in [1.29, 1.82) is 0 Å². The number of aromatic nitrogens is 2. The van der Waals surface area contributed by atoms with Crippen LogP contribution >= 0.6 is 23.2 Å². The summed E-state index contributed by atoms with van der Waals surface area (Å²) in [5.41, 5.74) is 3.15. The van der Waals surface area contributed by atoms with E-state index in [4.69, 9.17) is 27.9 Å². The Kier molecular flexibility index (Phi) is 5.41. The van der Waals surface area contributed by atoms with Crippen LogP contribution < -0.4 is 10.2 Å². The Morgan fingerprint density at radius 2 is 2.23 bits per heavy atom. The number of amides is 1. The van der Waals surface area contributed by atoms with Gasteiger partial charge in [-0.15, -0.1) is 0 Å². The Labute approximate surface area is 137 Å². The molecule has 1 heterocycles. The van der Waals surface area contributed by atoms with E-state index >= 15 is 0 Å². The van der Waals surface area contributed by atoms with Crippen LogP contribution in [-0.4, -0.2) is 28.0 Å². The number of nitrogens with zero attached hydrogens (tertiary/aromatic N) is 3. The average molecular weight is 341 g/mol. The predicted octanol–water partition coefficient (Wildman–Crippen LogP) is 2.64. The highest BCUT2D eigenvalue weighted by molar-refractivity contribution is 6.34. The summed E-state index contributed by atoms with van der Waals surface area (Å²) >= 11 is 11.8. The third-order valence-corrected chi connectivity index (χ3v) is 3.34. The van der Waals surface area contributed by atoms with Crippen LogP contribution in [-0.2, 0) is 11.8 Å². The first-order valence-electron chi connectivity index (χ1n) is 6.40. The Balaban J connectivity index is 1.93. The zero-order valence-corrected chi connectivity index (χ0v) is 13.5. The van der Waals surface area contributed by atoms with Crippen LogP contribution in [0.25, 0.3) is 0 Å². The summed E-state index contributed by atoms with van der Waals surface area (Å²) in [5.74, 6) is -0.0677. The summed E-state index contributed by atoms with van der Waals surface area (Å²) in [6, 6.07) is 6.55. The number of halogens is 2. The van der Waals surface area contributed by atoms with Gasteiger partial charge in [-0.2, -0.15) is 10.2 Å². The van der Waals surface area contributed by atoms with Gasteiger partial charge in [0.05, 0.1) is 16.9 Å². The number of carbonyl (C=O) groups excluding carboxylic acids is 1. The van der Waals surface area contributed by atoms with Gasteiger partial charge in [0, 0.05) is 24.3 Å². The minimum atomic E-state index is -0.778. The number of nitrogens with one attached hydrogen (secondary N) is 1. The van der Waals surface area contributed by atoms with Crippen molar-refractivity contribution in [2.75, 3.05) is 0 Å². The molecule has 1 amide bonds. The van der Waals surface area contributed by atoms with Gasteiger partial charge in [-0.25, -0.2) is 5.43 Å². The van der Waals surface area contributed by atoms with Crippen LogP contribution in [0, 0.1) is 0 Å². The molecule has 0 spiro atoms. The maximum Gasteiger partial charge on any atom is 0.280 e. The monoisotopic (exact) mass is 340 g/mol. The molecule has 2 rings (SSSR count). The van der Waals surface area contributed by atoms with Gasteiger partial charge < -0.3 is 4.74 Å². The van der Waals surface area contributed by atoms with Gasteiger partial charge >= 0.3 is 0 Å². The number of ether oxygens (including phenoxy) is 1. The fourth-order valence-corrected chi connectivity index (χ4v) is 1.90. The van der Waals surface area contributed by atoms with E-state index in [1.165, 1.54) is 6.21 Å². The molecule has 1 N–H and O–H groups in total. The Bertz CT molecular complexity index is 700. The van der Waals surface area contributed by atoms with E-state index in [0.717, 1.165) is 5.69 Å². The lowest BCUT2D eigenvalue weighted by Gasteiger charge is -2.14. The molecule has 1 aromatic carbocycles. The molecular weight excluding hydrogens is 327 g/mol. The molecule has 0 aliphatic carbocycles. The Morgan fingerprint density at radius 3 is 2.91 bits per heavy atom. The molecular formula is C14H14Cl2N4O2. The van der Waals surface area contributed by atoms with Crippen molar-refractivity contribution in [3.05, 3.63) is 46.2 Å². The molecule has 1 unspecified atom stereocenters. The number of hydrazone groups is 1. The first-order valence-corrected chi connectivity index (χ1v) is 7.15. The highest BCUT2D eigenvalue weighted by Gasteiger charge is 2.15. The first kappa shape index (κ1) is 16.3. The molecule has 2 aromatic rings. The van der Waals surface area contributed by atoms with Crippen molar-refractivity contribution in [2.45, 2.75) is 13.0 Å². The number of hydrogen-bond donors (Lipinski definition) is 1. The van der Waals surface area contributed by atoms with Gasteiger partial charge in [-0.05, 0) is 25.1 Å². The van der Waals surface area contributed by atoms with Crippen molar-refractivity contribution in [3.63, 3.8) is 0 Å². The van der Waals surface area contributed by atoms with Gasteiger partial charge in [0.25, 0.3) is 5.91 Å². The normalized spacial score (nSPS) is 12.4. The minimum Gasteiger partial charge on any atom is -0.479 e. The van der Waals surface area contributed by atoms with Crippen molar-refractivity contribution < 1.29 is 9.53 Å². The fraction of sp³-hybridized carbons (Fsp3) is 0.214. The van der Waals surface area contributed by atoms with Crippen molar-refractivity contribution >= 4 is 35.3 Å². The lowest BCUT2D eigenvalue weighted by molar-refractivity contribution is -0.127. The molecule has 0 bridgehead atoms. The summed E-state index contributed by atoms with van der Waals surface area (Å²) in [5, 5.41) is 8.69. The second-order valence-electron chi connectivity index (χ2n) is 4.45. The highest BCUT2D eigenvalue weighted by atomic mass is 35.5. The number of aryl methyl sites for hydroxylation is 1. The third-order valence-electron chi connectivity index (χ3n) is 2.80. The molecule has 0 saturated heterocycles. The number of hydrogen-bond acceptors (Lipinski definition) is 4. The molecule has 0 fully saturated rings. The molecule has 6 nitrogen and oxygen atoms in total. The van der Waals surface area contributed by atoms with E-state index in [1.54, 1.807) is 49.1 Å². The molecule has 0 saturated carbocycles. The largest absolute Gasteiger partial charge is 0.479 e. The van der Waals surface area contributed by atoms with Gasteiger partial charge in [0.1, 0.15) is 5.75 Å². The van der Waals surface area contributed by atoms with E-state index < -0.39 is 12.0 Å². The van der Waals surface area contributed by atoms with Crippen molar-refractivity contribution in [3.8, 4) is 5.75 Å². The quantitative estimate of drug-likeness (QED) is 0.671. The topological polar surface area (TPSA) is 68.5 Å². The smallest absolute Gasteiger partial charge is 0.280 e. The average Bonchev–Trinajstić information content (AvgIpc) is 2.88. The van der Waals surface area contributed by atoms with E-state index in [-0.39, 0.29) is 0 Å². The van der Waals surface area contributed by atoms with Gasteiger partial charge in [-0.1, -0.05) is 23.2 Å². The fourth-order valence-electron chi connectivity index (χ4n) is 1.58. The lowest BCUT2D eigenvalue weighted by atomic mass is 10.3. The second kappa shape index (κ2) is 7.29. The van der Waals surface area contributed by atoms with Crippen LogP contribution in [0.1, 0.15) is 12.6 Å². The van der Waals surface area contributed by atoms with Crippen molar-refractivity contribution in [2.24, 2.45) is 12.1 Å². The van der Waals surface area contributed by atoms with Gasteiger partial charge in [0.15, 0.2) is 6.10 Å². The standard InChI is InChI=1S/C14H14Cl2N4O2/c1-9(22-13-7-10(15)3-4-12(13)16)14(21)19-17-8-11-5-6-18-20(11)2/h3-9H,1-2H3,(H,19,21). The Hall–Kier alpha value is -2.05. The number of rotatable bonds is 5. The highest BCUT2D eigenvalue weighted by Crippen LogP contribution is 2.28. The zero-order valence-electron chi connectivity index (χ0n) is 12.0. The maximum absolute atomic E-state index is 11.9. The number of carbonyl (C=O) groups is 1. The molecule has 116 valence electrons. The molecule has 0 aliphatic heterocycles. The van der Waals surface area contributed by atoms with Crippen LogP contribution in [0.4, 0.5) is 0 Å². The second-order valence-corrected chi connectivity index (χ2v) is 5.29. The Morgan fingerprint density at radius 1 is 1.45 bits per heavy atom. The minimum absolute atomic E-state index is 0.340. The molecule has 22 heavy (non-hydrogen) atoms. The van der Waals surface area contributed by atoms with E-state index in [9.17, 15) is 4.79 Å². The van der Waals surface area contributed by atoms with Crippen molar-refractivity contribution in [1.82, 2.24) is 15.2 Å². The summed E-state index contributed by atoms with van der Waals surface area (Å²) in [6.07, 6.45) is 2.35. The van der Waals surface area contributed by atoms with E-state index in [1.807, 2.05) is 0 Å². The molecule has 1 aromatic heterocycles. The summed E-state index contributed by atoms with van der Waals surface area (Å²) < 4.78 is 7.11. The zero-order chi connectivity index (χ0) is 16.1. The SMILES string of the molecule is CC(Oc1cc(Cl)ccc1Cl)C(=O)NN=Cc1ccnn1C. The van der Waals surface area contributed by atoms with Crippen LogP contribution in [0.5, 0.6) is 5.75 Å². The predicted molar refractivity (Wildman–Crippen MR) is 85.5 cm³/mol.